The van der Waals surface area contributed by atoms with Gasteiger partial charge in [0.15, 0.2) is 0 Å². The number of aliphatic hydroxyl groups is 1. The molecule has 0 spiro atoms. The Morgan fingerprint density at radius 2 is 2.00 bits per heavy atom. The summed E-state index contributed by atoms with van der Waals surface area (Å²) in [5.41, 5.74) is 0.901. The summed E-state index contributed by atoms with van der Waals surface area (Å²) in [7, 11) is 0. The second-order valence-corrected chi connectivity index (χ2v) is 4.38. The van der Waals surface area contributed by atoms with Gasteiger partial charge in [0.2, 0.25) is 5.91 Å². The Morgan fingerprint density at radius 1 is 1.33 bits per heavy atom. The third-order valence-electron chi connectivity index (χ3n) is 2.50. The highest BCUT2D eigenvalue weighted by molar-refractivity contribution is 5.76. The van der Waals surface area contributed by atoms with E-state index in [9.17, 15) is 9.90 Å². The maximum absolute atomic E-state index is 11.7. The van der Waals surface area contributed by atoms with Gasteiger partial charge in [0.25, 0.3) is 0 Å². The van der Waals surface area contributed by atoms with Gasteiger partial charge in [0.1, 0.15) is 0 Å². The predicted octanol–water partition coefficient (Wildman–Crippen LogP) is 1.65. The normalized spacial score (nSPS) is 12.4. The van der Waals surface area contributed by atoms with Gasteiger partial charge in [-0.1, -0.05) is 30.3 Å². The summed E-state index contributed by atoms with van der Waals surface area (Å²) in [6.45, 7) is 4.15. The van der Waals surface area contributed by atoms with Crippen molar-refractivity contribution in [3.05, 3.63) is 35.9 Å². The summed E-state index contributed by atoms with van der Waals surface area (Å²) in [5, 5.41) is 12.1. The topological polar surface area (TPSA) is 58.6 Å². The number of benzene rings is 1. The molecular weight excluding hydrogens is 230 g/mol. The fourth-order valence-electron chi connectivity index (χ4n) is 1.57. The summed E-state index contributed by atoms with van der Waals surface area (Å²) in [4.78, 5) is 11.7. The number of carbonyl (C=O) groups is 1. The Labute approximate surface area is 108 Å². The first-order chi connectivity index (χ1) is 8.63. The van der Waals surface area contributed by atoms with E-state index >= 15 is 0 Å². The first kappa shape index (κ1) is 14.7. The zero-order valence-electron chi connectivity index (χ0n) is 10.9. The molecule has 0 aliphatic carbocycles. The maximum atomic E-state index is 11.7. The van der Waals surface area contributed by atoms with Gasteiger partial charge in [-0.25, -0.2) is 0 Å². The SMILES string of the molecule is CC(C)OCCC(=O)N[C@H](CO)c1ccccc1. The van der Waals surface area contributed by atoms with Crippen molar-refractivity contribution in [3.63, 3.8) is 0 Å². The van der Waals surface area contributed by atoms with E-state index in [0.29, 0.717) is 13.0 Å². The molecule has 0 saturated carbocycles. The second-order valence-electron chi connectivity index (χ2n) is 4.38. The summed E-state index contributed by atoms with van der Waals surface area (Å²) >= 11 is 0. The van der Waals surface area contributed by atoms with Crippen molar-refractivity contribution in [3.8, 4) is 0 Å². The number of hydrogen-bond donors (Lipinski definition) is 2. The van der Waals surface area contributed by atoms with Crippen LogP contribution in [0.5, 0.6) is 0 Å². The molecule has 4 nitrogen and oxygen atoms in total. The van der Waals surface area contributed by atoms with E-state index in [-0.39, 0.29) is 24.7 Å². The highest BCUT2D eigenvalue weighted by Gasteiger charge is 2.13. The molecule has 0 aromatic heterocycles. The molecule has 0 aliphatic rings. The van der Waals surface area contributed by atoms with Crippen LogP contribution in [0.2, 0.25) is 0 Å². The summed E-state index contributed by atoms with van der Waals surface area (Å²) in [6, 6.07) is 9.07. The number of rotatable bonds is 7. The van der Waals surface area contributed by atoms with Gasteiger partial charge in [-0.2, -0.15) is 0 Å². The van der Waals surface area contributed by atoms with E-state index in [0.717, 1.165) is 5.56 Å². The lowest BCUT2D eigenvalue weighted by Crippen LogP contribution is -2.31. The maximum Gasteiger partial charge on any atom is 0.222 e. The predicted molar refractivity (Wildman–Crippen MR) is 70.1 cm³/mol. The second kappa shape index (κ2) is 7.84. The van der Waals surface area contributed by atoms with Crippen LogP contribution in [0.3, 0.4) is 0 Å². The lowest BCUT2D eigenvalue weighted by Gasteiger charge is -2.17. The molecule has 0 aliphatic heterocycles. The van der Waals surface area contributed by atoms with E-state index in [1.54, 1.807) is 0 Å². The molecule has 0 unspecified atom stereocenters. The van der Waals surface area contributed by atoms with Crippen LogP contribution in [-0.4, -0.2) is 30.3 Å². The van der Waals surface area contributed by atoms with Gasteiger partial charge in [0, 0.05) is 6.42 Å². The minimum atomic E-state index is -0.349. The molecular formula is C14H21NO3. The van der Waals surface area contributed by atoms with E-state index in [2.05, 4.69) is 5.32 Å². The van der Waals surface area contributed by atoms with Crippen LogP contribution in [0, 0.1) is 0 Å². The molecule has 0 heterocycles. The van der Waals surface area contributed by atoms with Crippen LogP contribution in [0.25, 0.3) is 0 Å². The zero-order valence-corrected chi connectivity index (χ0v) is 10.9. The number of amides is 1. The third kappa shape index (κ3) is 5.29. The number of ether oxygens (including phenoxy) is 1. The monoisotopic (exact) mass is 251 g/mol. The molecule has 0 bridgehead atoms. The fraction of sp³-hybridized carbons (Fsp3) is 0.500. The average molecular weight is 251 g/mol. The highest BCUT2D eigenvalue weighted by Crippen LogP contribution is 2.11. The number of carbonyl (C=O) groups excluding carboxylic acids is 1. The Bertz CT molecular complexity index is 351. The lowest BCUT2D eigenvalue weighted by atomic mass is 10.1. The molecule has 1 amide bonds. The first-order valence-corrected chi connectivity index (χ1v) is 6.20. The summed E-state index contributed by atoms with van der Waals surface area (Å²) in [6.07, 6.45) is 0.433. The third-order valence-corrected chi connectivity index (χ3v) is 2.50. The summed E-state index contributed by atoms with van der Waals surface area (Å²) < 4.78 is 5.31. The molecule has 100 valence electrons. The van der Waals surface area contributed by atoms with Gasteiger partial charge < -0.3 is 15.2 Å². The van der Waals surface area contributed by atoms with Crippen LogP contribution < -0.4 is 5.32 Å². The Morgan fingerprint density at radius 3 is 2.56 bits per heavy atom. The highest BCUT2D eigenvalue weighted by atomic mass is 16.5. The van der Waals surface area contributed by atoms with Crippen LogP contribution in [-0.2, 0) is 9.53 Å². The van der Waals surface area contributed by atoms with Crippen molar-refractivity contribution >= 4 is 5.91 Å². The van der Waals surface area contributed by atoms with Crippen molar-refractivity contribution in [2.75, 3.05) is 13.2 Å². The molecule has 1 rings (SSSR count). The van der Waals surface area contributed by atoms with E-state index in [1.807, 2.05) is 44.2 Å². The van der Waals surface area contributed by atoms with Crippen LogP contribution >= 0.6 is 0 Å². The van der Waals surface area contributed by atoms with Crippen molar-refractivity contribution < 1.29 is 14.6 Å². The molecule has 0 radical (unpaired) electrons. The van der Waals surface area contributed by atoms with Crippen LogP contribution in [0.4, 0.5) is 0 Å². The largest absolute Gasteiger partial charge is 0.394 e. The molecule has 1 atom stereocenters. The average Bonchev–Trinajstić information content (AvgIpc) is 2.36. The van der Waals surface area contributed by atoms with Crippen LogP contribution in [0.1, 0.15) is 31.9 Å². The molecule has 2 N–H and O–H groups in total. The van der Waals surface area contributed by atoms with E-state index in [1.165, 1.54) is 0 Å². The minimum absolute atomic E-state index is 0.110. The molecule has 1 aromatic carbocycles. The Balaban J connectivity index is 2.41. The lowest BCUT2D eigenvalue weighted by molar-refractivity contribution is -0.123. The van der Waals surface area contributed by atoms with Gasteiger partial charge in [0.05, 0.1) is 25.4 Å². The van der Waals surface area contributed by atoms with Crippen LogP contribution in [0.15, 0.2) is 30.3 Å². The standard InChI is InChI=1S/C14H21NO3/c1-11(2)18-9-8-14(17)15-13(10-16)12-6-4-3-5-7-12/h3-7,11,13,16H,8-10H2,1-2H3,(H,15,17)/t13-/m1/s1. The first-order valence-electron chi connectivity index (χ1n) is 6.20. The molecule has 4 heteroatoms. The van der Waals surface area contributed by atoms with Crippen molar-refractivity contribution in [1.82, 2.24) is 5.32 Å². The zero-order chi connectivity index (χ0) is 13.4. The minimum Gasteiger partial charge on any atom is -0.394 e. The van der Waals surface area contributed by atoms with Gasteiger partial charge in [-0.05, 0) is 19.4 Å². The molecule has 18 heavy (non-hydrogen) atoms. The fourth-order valence-corrected chi connectivity index (χ4v) is 1.57. The Hall–Kier alpha value is -1.39. The number of aliphatic hydroxyl groups excluding tert-OH is 1. The van der Waals surface area contributed by atoms with Crippen molar-refractivity contribution in [2.45, 2.75) is 32.4 Å². The van der Waals surface area contributed by atoms with Crippen molar-refractivity contribution in [2.24, 2.45) is 0 Å². The van der Waals surface area contributed by atoms with E-state index < -0.39 is 0 Å². The van der Waals surface area contributed by atoms with Crippen molar-refractivity contribution in [1.29, 1.82) is 0 Å². The number of hydrogen-bond acceptors (Lipinski definition) is 3. The molecule has 0 saturated heterocycles. The summed E-state index contributed by atoms with van der Waals surface area (Å²) in [5.74, 6) is -0.112. The smallest absolute Gasteiger partial charge is 0.222 e. The van der Waals surface area contributed by atoms with Gasteiger partial charge in [-0.3, -0.25) is 4.79 Å². The van der Waals surface area contributed by atoms with E-state index in [4.69, 9.17) is 4.74 Å². The van der Waals surface area contributed by atoms with Gasteiger partial charge >= 0.3 is 0 Å². The molecule has 1 aromatic rings. The quantitative estimate of drug-likeness (QED) is 0.774. The molecule has 0 fully saturated rings. The number of nitrogens with one attached hydrogen (secondary N) is 1. The van der Waals surface area contributed by atoms with Gasteiger partial charge in [-0.15, -0.1) is 0 Å². The Kier molecular flexibility index (Phi) is 6.39.